The molecule has 1 fully saturated rings. The Morgan fingerprint density at radius 1 is 1.32 bits per heavy atom. The fourth-order valence-corrected chi connectivity index (χ4v) is 3.98. The number of aromatic nitrogens is 2. The van der Waals surface area contributed by atoms with E-state index in [1.54, 1.807) is 0 Å². The third kappa shape index (κ3) is 2.97. The highest BCUT2D eigenvalue weighted by atomic mass is 32.1. The normalized spacial score (nSPS) is 17.2. The standard InChI is InChI=1S/C17H17N3O4S/c1-8-7-25-16(12(8)15-18-13(20-24-15)9-5-6-9)19-14(21)10-3-2-4-11(10)17(22)23/h7,9H,2-6H2,1H3,(H,19,21)(H,22,23). The number of hydrogen-bond donors (Lipinski definition) is 2. The zero-order valence-electron chi connectivity index (χ0n) is 13.7. The molecule has 0 unspecified atom stereocenters. The van der Waals surface area contributed by atoms with E-state index in [0.29, 0.717) is 53.0 Å². The predicted octanol–water partition coefficient (Wildman–Crippen LogP) is 3.49. The summed E-state index contributed by atoms with van der Waals surface area (Å²) < 4.78 is 5.39. The predicted molar refractivity (Wildman–Crippen MR) is 91.5 cm³/mol. The number of rotatable bonds is 5. The zero-order valence-corrected chi connectivity index (χ0v) is 14.5. The summed E-state index contributed by atoms with van der Waals surface area (Å²) >= 11 is 1.37. The van der Waals surface area contributed by atoms with Crippen LogP contribution in [0.3, 0.4) is 0 Å². The number of carboxylic acid groups (broad SMARTS) is 1. The third-order valence-corrected chi connectivity index (χ3v) is 5.56. The summed E-state index contributed by atoms with van der Waals surface area (Å²) in [7, 11) is 0. The first-order valence-corrected chi connectivity index (χ1v) is 9.11. The molecule has 2 aromatic heterocycles. The highest BCUT2D eigenvalue weighted by molar-refractivity contribution is 7.15. The Kier molecular flexibility index (Phi) is 3.91. The molecular formula is C17H17N3O4S. The molecule has 0 atom stereocenters. The number of anilines is 1. The van der Waals surface area contributed by atoms with Gasteiger partial charge in [0.15, 0.2) is 5.82 Å². The Morgan fingerprint density at radius 2 is 2.08 bits per heavy atom. The maximum absolute atomic E-state index is 12.6. The average Bonchev–Trinajstić information content (AvgIpc) is 3.00. The number of carbonyl (C=O) groups is 2. The lowest BCUT2D eigenvalue weighted by Crippen LogP contribution is -2.16. The molecule has 2 heterocycles. The maximum Gasteiger partial charge on any atom is 0.332 e. The molecule has 1 amide bonds. The zero-order chi connectivity index (χ0) is 17.6. The number of nitrogens with one attached hydrogen (secondary N) is 1. The van der Waals surface area contributed by atoms with Gasteiger partial charge in [-0.15, -0.1) is 11.3 Å². The minimum Gasteiger partial charge on any atom is -0.478 e. The van der Waals surface area contributed by atoms with Crippen molar-refractivity contribution in [3.8, 4) is 11.5 Å². The minimum absolute atomic E-state index is 0.209. The van der Waals surface area contributed by atoms with E-state index in [0.717, 1.165) is 18.4 Å². The third-order valence-electron chi connectivity index (χ3n) is 4.55. The van der Waals surface area contributed by atoms with Crippen molar-refractivity contribution < 1.29 is 19.2 Å². The topological polar surface area (TPSA) is 105 Å². The van der Waals surface area contributed by atoms with Crippen LogP contribution in [0.25, 0.3) is 11.5 Å². The lowest BCUT2D eigenvalue weighted by molar-refractivity contribution is -0.133. The molecule has 0 radical (unpaired) electrons. The van der Waals surface area contributed by atoms with Gasteiger partial charge >= 0.3 is 5.97 Å². The number of amides is 1. The van der Waals surface area contributed by atoms with Crippen LogP contribution in [0, 0.1) is 6.92 Å². The second-order valence-electron chi connectivity index (χ2n) is 6.42. The van der Waals surface area contributed by atoms with Crippen LogP contribution in [0.1, 0.15) is 49.4 Å². The number of carboxylic acids is 1. The number of aliphatic carboxylic acids is 1. The molecule has 2 N–H and O–H groups in total. The van der Waals surface area contributed by atoms with Gasteiger partial charge in [0.1, 0.15) is 5.00 Å². The highest BCUT2D eigenvalue weighted by Crippen LogP contribution is 2.41. The van der Waals surface area contributed by atoms with Crippen LogP contribution in [0.4, 0.5) is 5.00 Å². The molecule has 0 bridgehead atoms. The summed E-state index contributed by atoms with van der Waals surface area (Å²) in [6.07, 6.45) is 3.77. The Balaban J connectivity index is 1.62. The number of aryl methyl sites for hydroxylation is 1. The average molecular weight is 359 g/mol. The van der Waals surface area contributed by atoms with Gasteiger partial charge in [-0.3, -0.25) is 4.79 Å². The summed E-state index contributed by atoms with van der Waals surface area (Å²) in [5, 5.41) is 18.6. The van der Waals surface area contributed by atoms with E-state index in [1.165, 1.54) is 11.3 Å². The van der Waals surface area contributed by atoms with Crippen LogP contribution in [-0.2, 0) is 9.59 Å². The van der Waals surface area contributed by atoms with Crippen molar-refractivity contribution in [2.24, 2.45) is 0 Å². The van der Waals surface area contributed by atoms with Crippen molar-refractivity contribution in [2.75, 3.05) is 5.32 Å². The van der Waals surface area contributed by atoms with E-state index < -0.39 is 5.97 Å². The molecule has 0 aliphatic heterocycles. The molecule has 2 aliphatic carbocycles. The van der Waals surface area contributed by atoms with Gasteiger partial charge in [-0.1, -0.05) is 5.16 Å². The molecule has 0 spiro atoms. The van der Waals surface area contributed by atoms with Gasteiger partial charge in [-0.25, -0.2) is 4.79 Å². The van der Waals surface area contributed by atoms with E-state index in [9.17, 15) is 14.7 Å². The van der Waals surface area contributed by atoms with Gasteiger partial charge in [-0.2, -0.15) is 4.98 Å². The molecule has 0 saturated heterocycles. The van der Waals surface area contributed by atoms with Crippen molar-refractivity contribution in [1.82, 2.24) is 10.1 Å². The fraction of sp³-hybridized carbons (Fsp3) is 0.412. The number of carbonyl (C=O) groups excluding carboxylic acids is 1. The minimum atomic E-state index is -1.02. The quantitative estimate of drug-likeness (QED) is 0.846. The summed E-state index contributed by atoms with van der Waals surface area (Å²) in [6, 6.07) is 0. The lowest BCUT2D eigenvalue weighted by Gasteiger charge is -2.07. The largest absolute Gasteiger partial charge is 0.478 e. The number of thiophene rings is 1. The van der Waals surface area contributed by atoms with E-state index in [-0.39, 0.29) is 11.5 Å². The first-order valence-electron chi connectivity index (χ1n) is 8.23. The lowest BCUT2D eigenvalue weighted by atomic mass is 10.1. The number of nitrogens with zero attached hydrogens (tertiary/aromatic N) is 2. The Bertz CT molecular complexity index is 892. The SMILES string of the molecule is Cc1csc(NC(=O)C2=C(C(=O)O)CCC2)c1-c1nc(C2CC2)no1. The van der Waals surface area contributed by atoms with Crippen LogP contribution in [0.15, 0.2) is 21.0 Å². The van der Waals surface area contributed by atoms with Crippen LogP contribution in [-0.4, -0.2) is 27.1 Å². The van der Waals surface area contributed by atoms with E-state index >= 15 is 0 Å². The molecule has 2 aromatic rings. The maximum atomic E-state index is 12.6. The first-order chi connectivity index (χ1) is 12.0. The van der Waals surface area contributed by atoms with E-state index in [1.807, 2.05) is 12.3 Å². The molecule has 0 aromatic carbocycles. The van der Waals surface area contributed by atoms with E-state index in [2.05, 4.69) is 15.5 Å². The van der Waals surface area contributed by atoms with Gasteiger partial charge < -0.3 is 14.9 Å². The molecule has 7 nitrogen and oxygen atoms in total. The van der Waals surface area contributed by atoms with E-state index in [4.69, 9.17) is 4.52 Å². The second kappa shape index (κ2) is 6.11. The van der Waals surface area contributed by atoms with Gasteiger partial charge in [0.05, 0.1) is 5.56 Å². The smallest absolute Gasteiger partial charge is 0.332 e. The Morgan fingerprint density at radius 3 is 2.80 bits per heavy atom. The molecule has 130 valence electrons. The number of hydrogen-bond acceptors (Lipinski definition) is 6. The van der Waals surface area contributed by atoms with Crippen molar-refractivity contribution in [1.29, 1.82) is 0 Å². The van der Waals surface area contributed by atoms with Gasteiger partial charge in [0.25, 0.3) is 11.8 Å². The summed E-state index contributed by atoms with van der Waals surface area (Å²) in [4.78, 5) is 28.3. The Hall–Kier alpha value is -2.48. The molecular weight excluding hydrogens is 342 g/mol. The van der Waals surface area contributed by atoms with Gasteiger partial charge in [0, 0.05) is 17.1 Å². The molecule has 1 saturated carbocycles. The van der Waals surface area contributed by atoms with Crippen LogP contribution >= 0.6 is 11.3 Å². The summed E-state index contributed by atoms with van der Waals surface area (Å²) in [5.74, 6) is 0.117. The highest BCUT2D eigenvalue weighted by Gasteiger charge is 2.31. The van der Waals surface area contributed by atoms with Gasteiger partial charge in [0.2, 0.25) is 0 Å². The van der Waals surface area contributed by atoms with Crippen molar-refractivity contribution in [2.45, 2.75) is 44.9 Å². The molecule has 25 heavy (non-hydrogen) atoms. The molecule has 4 rings (SSSR count). The van der Waals surface area contributed by atoms with Crippen LogP contribution in [0.2, 0.25) is 0 Å². The van der Waals surface area contributed by atoms with Gasteiger partial charge in [-0.05, 0) is 50.0 Å². The Labute approximate surface area is 147 Å². The van der Waals surface area contributed by atoms with Crippen LogP contribution < -0.4 is 5.32 Å². The first kappa shape index (κ1) is 16.0. The second-order valence-corrected chi connectivity index (χ2v) is 7.30. The summed E-state index contributed by atoms with van der Waals surface area (Å²) in [6.45, 7) is 1.92. The molecule has 2 aliphatic rings. The van der Waals surface area contributed by atoms with Crippen molar-refractivity contribution >= 4 is 28.2 Å². The van der Waals surface area contributed by atoms with Crippen LogP contribution in [0.5, 0.6) is 0 Å². The molecule has 8 heteroatoms. The monoisotopic (exact) mass is 359 g/mol. The fourth-order valence-electron chi connectivity index (χ4n) is 3.05. The van der Waals surface area contributed by atoms with Crippen molar-refractivity contribution in [3.63, 3.8) is 0 Å². The summed E-state index contributed by atoms with van der Waals surface area (Å²) in [5.41, 5.74) is 2.22. The van der Waals surface area contributed by atoms with Crippen molar-refractivity contribution in [3.05, 3.63) is 27.9 Å².